The molecule has 0 unspecified atom stereocenters. The first-order chi connectivity index (χ1) is 18.1. The van der Waals surface area contributed by atoms with Crippen molar-refractivity contribution in [3.05, 3.63) is 96.7 Å². The Balaban J connectivity index is 1.48. The first-order valence-corrected chi connectivity index (χ1v) is 13.1. The molecule has 5 rings (SSSR count). The second kappa shape index (κ2) is 11.2. The van der Waals surface area contributed by atoms with Crippen molar-refractivity contribution in [1.82, 2.24) is 19.3 Å². The van der Waals surface area contributed by atoms with Gasteiger partial charge in [0.1, 0.15) is 18.1 Å². The van der Waals surface area contributed by atoms with Gasteiger partial charge < -0.3 is 9.46 Å². The second-order valence-corrected chi connectivity index (χ2v) is 10.1. The van der Waals surface area contributed by atoms with E-state index in [4.69, 9.17) is 9.72 Å². The summed E-state index contributed by atoms with van der Waals surface area (Å²) in [4.78, 5) is 13.8. The van der Waals surface area contributed by atoms with Gasteiger partial charge in [-0.15, -0.1) is 0 Å². The number of aromatic nitrogens is 4. The molecule has 3 aromatic heterocycles. The summed E-state index contributed by atoms with van der Waals surface area (Å²) in [5, 5.41) is 10.5. The Morgan fingerprint density at radius 3 is 2.59 bits per heavy atom. The lowest BCUT2D eigenvalue weighted by atomic mass is 9.98. The summed E-state index contributed by atoms with van der Waals surface area (Å²) >= 11 is 2.62. The van der Waals surface area contributed by atoms with E-state index in [9.17, 15) is 5.26 Å². The molecule has 0 aliphatic heterocycles. The molecule has 182 valence electrons. The van der Waals surface area contributed by atoms with Crippen molar-refractivity contribution in [2.75, 3.05) is 4.72 Å². The van der Waals surface area contributed by atoms with Gasteiger partial charge in [0.25, 0.3) is 0 Å². The fourth-order valence-corrected chi connectivity index (χ4v) is 4.82. The number of nitriles is 1. The van der Waals surface area contributed by atoms with Gasteiger partial charge in [0.15, 0.2) is 5.75 Å². The highest BCUT2D eigenvalue weighted by Gasteiger charge is 2.15. The predicted octanol–water partition coefficient (Wildman–Crippen LogP) is 7.57. The minimum Gasteiger partial charge on any atom is -0.454 e. The predicted molar refractivity (Wildman–Crippen MR) is 148 cm³/mol. The molecule has 1 N–H and O–H groups in total. The third-order valence-electron chi connectivity index (χ3n) is 5.62. The van der Waals surface area contributed by atoms with Crippen molar-refractivity contribution in [3.63, 3.8) is 0 Å². The van der Waals surface area contributed by atoms with Crippen LogP contribution in [0.3, 0.4) is 0 Å². The molecule has 0 aliphatic carbocycles. The summed E-state index contributed by atoms with van der Waals surface area (Å²) in [5.41, 5.74) is 5.36. The van der Waals surface area contributed by atoms with Crippen LogP contribution in [0, 0.1) is 11.3 Å². The summed E-state index contributed by atoms with van der Waals surface area (Å²) in [6.45, 7) is 4.35. The smallest absolute Gasteiger partial charge is 0.212 e. The van der Waals surface area contributed by atoms with E-state index in [1.54, 1.807) is 30.7 Å². The molecule has 0 bridgehead atoms. The van der Waals surface area contributed by atoms with Crippen LogP contribution in [0.5, 0.6) is 11.5 Å². The Kier molecular flexibility index (Phi) is 7.40. The Bertz CT molecular complexity index is 1550. The highest BCUT2D eigenvalue weighted by atomic mass is 32.2. The topological polar surface area (TPSA) is 96.6 Å². The van der Waals surface area contributed by atoms with Gasteiger partial charge in [-0.25, -0.2) is 4.98 Å². The second-order valence-electron chi connectivity index (χ2n) is 8.40. The maximum absolute atomic E-state index is 9.82. The molecule has 0 radical (unpaired) electrons. The quantitative estimate of drug-likeness (QED) is 0.208. The van der Waals surface area contributed by atoms with Crippen LogP contribution in [0.25, 0.3) is 22.4 Å². The first kappa shape index (κ1) is 24.4. The van der Waals surface area contributed by atoms with Crippen LogP contribution in [-0.2, 0) is 0 Å². The maximum atomic E-state index is 9.82. The molecule has 7 nitrogen and oxygen atoms in total. The van der Waals surface area contributed by atoms with Crippen LogP contribution in [0.2, 0.25) is 0 Å². The van der Waals surface area contributed by atoms with Crippen LogP contribution in [0.15, 0.2) is 90.5 Å². The number of hydrogen-bond acceptors (Lipinski definition) is 9. The number of benzene rings is 2. The normalized spacial score (nSPS) is 10.8. The number of nitrogens with one attached hydrogen (secondary N) is 1. The zero-order valence-corrected chi connectivity index (χ0v) is 21.8. The van der Waals surface area contributed by atoms with Gasteiger partial charge in [-0.1, -0.05) is 32.0 Å². The minimum atomic E-state index is 0.415. The van der Waals surface area contributed by atoms with Crippen LogP contribution in [0.4, 0.5) is 5.13 Å². The fourth-order valence-electron chi connectivity index (χ4n) is 3.68. The number of anilines is 1. The van der Waals surface area contributed by atoms with Crippen molar-refractivity contribution in [3.8, 4) is 40.0 Å². The Hall–Kier alpha value is -4.26. The lowest BCUT2D eigenvalue weighted by Gasteiger charge is -2.15. The number of hydrogen-bond donors (Lipinski definition) is 1. The van der Waals surface area contributed by atoms with E-state index >= 15 is 0 Å². The lowest BCUT2D eigenvalue weighted by Crippen LogP contribution is -1.95. The summed E-state index contributed by atoms with van der Waals surface area (Å²) < 4.78 is 13.4. The van der Waals surface area contributed by atoms with Gasteiger partial charge in [-0.3, -0.25) is 9.97 Å². The zero-order valence-electron chi connectivity index (χ0n) is 20.1. The van der Waals surface area contributed by atoms with Gasteiger partial charge in [0.05, 0.1) is 17.5 Å². The van der Waals surface area contributed by atoms with Crippen LogP contribution < -0.4 is 9.46 Å². The summed E-state index contributed by atoms with van der Waals surface area (Å²) in [6.07, 6.45) is 6.70. The number of ether oxygens (including phenoxy) is 1. The van der Waals surface area contributed by atoms with Crippen LogP contribution >= 0.6 is 23.5 Å². The van der Waals surface area contributed by atoms with Crippen molar-refractivity contribution in [2.24, 2.45) is 0 Å². The third-order valence-corrected chi connectivity index (χ3v) is 7.11. The van der Waals surface area contributed by atoms with E-state index in [-0.39, 0.29) is 0 Å². The van der Waals surface area contributed by atoms with Crippen LogP contribution in [-0.4, -0.2) is 19.3 Å². The number of rotatable bonds is 8. The molecule has 0 spiro atoms. The maximum Gasteiger partial charge on any atom is 0.212 e. The average molecular weight is 523 g/mol. The highest BCUT2D eigenvalue weighted by molar-refractivity contribution is 8.00. The fraction of sp³-hybridized carbons (Fsp3) is 0.107. The number of nitrogens with zero attached hydrogens (tertiary/aromatic N) is 5. The van der Waals surface area contributed by atoms with E-state index in [1.165, 1.54) is 35.4 Å². The molecule has 0 aliphatic rings. The summed E-state index contributed by atoms with van der Waals surface area (Å²) in [6, 6.07) is 22.0. The molecule has 0 saturated carbocycles. The minimum absolute atomic E-state index is 0.415. The molecule has 2 aromatic carbocycles. The molecule has 0 amide bonds. The van der Waals surface area contributed by atoms with Crippen molar-refractivity contribution < 1.29 is 4.74 Å². The SMILES string of the molecule is CC(C)c1cccc(-c2cc(-c3ccncc3)c(Oc3ccc(SNc4ncns4)cc3C#N)cn2)c1. The monoisotopic (exact) mass is 522 g/mol. The molecule has 0 atom stereocenters. The summed E-state index contributed by atoms with van der Waals surface area (Å²) in [7, 11) is 0. The Labute approximate surface area is 223 Å². The van der Waals surface area contributed by atoms with E-state index in [0.717, 1.165) is 27.3 Å². The molecule has 0 saturated heterocycles. The van der Waals surface area contributed by atoms with E-state index in [1.807, 2.05) is 24.3 Å². The van der Waals surface area contributed by atoms with E-state index in [2.05, 4.69) is 63.2 Å². The zero-order chi connectivity index (χ0) is 25.6. The summed E-state index contributed by atoms with van der Waals surface area (Å²) in [5.74, 6) is 1.43. The average Bonchev–Trinajstić information content (AvgIpc) is 3.47. The molecule has 0 fully saturated rings. The van der Waals surface area contributed by atoms with Gasteiger partial charge in [-0.2, -0.15) is 9.64 Å². The Morgan fingerprint density at radius 1 is 0.973 bits per heavy atom. The Morgan fingerprint density at radius 2 is 1.84 bits per heavy atom. The molecule has 9 heteroatoms. The van der Waals surface area contributed by atoms with Gasteiger partial charge >= 0.3 is 0 Å². The van der Waals surface area contributed by atoms with Gasteiger partial charge in [0, 0.05) is 39.9 Å². The molecule has 5 aromatic rings. The first-order valence-electron chi connectivity index (χ1n) is 11.5. The van der Waals surface area contributed by atoms with Crippen molar-refractivity contribution in [2.45, 2.75) is 24.7 Å². The lowest BCUT2D eigenvalue weighted by molar-refractivity contribution is 0.480. The molecular weight excluding hydrogens is 500 g/mol. The van der Waals surface area contributed by atoms with E-state index < -0.39 is 0 Å². The highest BCUT2D eigenvalue weighted by Crippen LogP contribution is 2.37. The molecule has 3 heterocycles. The van der Waals surface area contributed by atoms with Gasteiger partial charge in [-0.05, 0) is 71.5 Å². The van der Waals surface area contributed by atoms with E-state index in [0.29, 0.717) is 28.1 Å². The largest absolute Gasteiger partial charge is 0.454 e. The molecule has 37 heavy (non-hydrogen) atoms. The van der Waals surface area contributed by atoms with Crippen LogP contribution in [0.1, 0.15) is 30.9 Å². The third kappa shape index (κ3) is 5.77. The van der Waals surface area contributed by atoms with Crippen molar-refractivity contribution >= 4 is 28.6 Å². The molecular formula is C28H22N6OS2. The van der Waals surface area contributed by atoms with Gasteiger partial charge in [0.2, 0.25) is 5.13 Å². The standard InChI is InChI=1S/C28H22N6OS2/c1-18(2)20-4-3-5-21(12-20)25-14-24(19-8-10-30-11-9-19)27(16-31-25)35-26-7-6-23(13-22(26)15-29)36-34-28-32-17-33-37-28/h3-14,16-18H,1-2H3,(H,32,33,34). The van der Waals surface area contributed by atoms with Crippen molar-refractivity contribution in [1.29, 1.82) is 5.26 Å². The number of pyridine rings is 2.